The van der Waals surface area contributed by atoms with Gasteiger partial charge in [-0.2, -0.15) is 0 Å². The van der Waals surface area contributed by atoms with E-state index in [-0.39, 0.29) is 17.4 Å². The molecule has 0 amide bonds. The van der Waals surface area contributed by atoms with Crippen molar-refractivity contribution in [3.8, 4) is 0 Å². The molecule has 0 fully saturated rings. The van der Waals surface area contributed by atoms with E-state index in [2.05, 4.69) is 10.3 Å². The fraction of sp³-hybridized carbons (Fsp3) is 0.556. The predicted octanol–water partition coefficient (Wildman–Crippen LogP) is 1.50. The Morgan fingerprint density at radius 3 is 2.73 bits per heavy atom. The summed E-state index contributed by atoms with van der Waals surface area (Å²) in [7, 11) is 0. The molecule has 6 heteroatoms. The maximum Gasteiger partial charge on any atom is 0.293 e. The second-order valence-electron chi connectivity index (χ2n) is 3.35. The van der Waals surface area contributed by atoms with Crippen molar-refractivity contribution in [2.75, 3.05) is 11.9 Å². The summed E-state index contributed by atoms with van der Waals surface area (Å²) in [6.07, 6.45) is 0.439. The van der Waals surface area contributed by atoms with E-state index in [1.165, 1.54) is 17.0 Å². The number of nitrogens with one attached hydrogen (secondary N) is 1. The normalized spacial score (nSPS) is 11.1. The van der Waals surface area contributed by atoms with Crippen LogP contribution in [-0.2, 0) is 0 Å². The second kappa shape index (κ2) is 4.86. The SMILES string of the molecule is CC(C)n1ccnc(NCC(F)F)c1=O. The van der Waals surface area contributed by atoms with E-state index in [0.717, 1.165) is 0 Å². The highest BCUT2D eigenvalue weighted by atomic mass is 19.3. The van der Waals surface area contributed by atoms with E-state index < -0.39 is 13.0 Å². The highest BCUT2D eigenvalue weighted by Gasteiger charge is 2.08. The monoisotopic (exact) mass is 217 g/mol. The maximum absolute atomic E-state index is 11.9. The summed E-state index contributed by atoms with van der Waals surface area (Å²) >= 11 is 0. The molecule has 0 aromatic carbocycles. The smallest absolute Gasteiger partial charge is 0.293 e. The maximum atomic E-state index is 11.9. The number of nitrogens with zero attached hydrogens (tertiary/aromatic N) is 2. The first kappa shape index (κ1) is 11.6. The van der Waals surface area contributed by atoms with Crippen LogP contribution in [0.1, 0.15) is 19.9 Å². The van der Waals surface area contributed by atoms with Crippen LogP contribution in [0.4, 0.5) is 14.6 Å². The Kier molecular flexibility index (Phi) is 3.76. The number of rotatable bonds is 4. The molecule has 0 aliphatic heterocycles. The van der Waals surface area contributed by atoms with Gasteiger partial charge in [-0.05, 0) is 13.8 Å². The first-order valence-corrected chi connectivity index (χ1v) is 4.61. The average molecular weight is 217 g/mol. The minimum atomic E-state index is -2.50. The number of hydrogen-bond donors (Lipinski definition) is 1. The van der Waals surface area contributed by atoms with Crippen LogP contribution >= 0.6 is 0 Å². The highest BCUT2D eigenvalue weighted by Crippen LogP contribution is 2.02. The van der Waals surface area contributed by atoms with Gasteiger partial charge >= 0.3 is 0 Å². The highest BCUT2D eigenvalue weighted by molar-refractivity contribution is 5.30. The zero-order valence-corrected chi connectivity index (χ0v) is 8.58. The quantitative estimate of drug-likeness (QED) is 0.831. The lowest BCUT2D eigenvalue weighted by atomic mass is 10.4. The van der Waals surface area contributed by atoms with Crippen molar-refractivity contribution in [2.24, 2.45) is 0 Å². The van der Waals surface area contributed by atoms with E-state index in [0.29, 0.717) is 0 Å². The number of hydrogen-bond acceptors (Lipinski definition) is 3. The molecule has 0 saturated heterocycles. The van der Waals surface area contributed by atoms with Crippen LogP contribution in [0.2, 0.25) is 0 Å². The van der Waals surface area contributed by atoms with Gasteiger partial charge in [0.2, 0.25) is 0 Å². The summed E-state index contributed by atoms with van der Waals surface area (Å²) in [5.41, 5.74) is -0.381. The molecule has 1 heterocycles. The first-order chi connectivity index (χ1) is 7.02. The molecule has 1 N–H and O–H groups in total. The van der Waals surface area contributed by atoms with Crippen molar-refractivity contribution in [2.45, 2.75) is 26.3 Å². The number of halogens is 2. The molecule has 84 valence electrons. The molecule has 4 nitrogen and oxygen atoms in total. The number of aromatic nitrogens is 2. The molecule has 1 rings (SSSR count). The topological polar surface area (TPSA) is 46.9 Å². The van der Waals surface area contributed by atoms with Gasteiger partial charge in [-0.1, -0.05) is 0 Å². The molecule has 0 radical (unpaired) electrons. The van der Waals surface area contributed by atoms with Crippen LogP contribution in [0.3, 0.4) is 0 Å². The van der Waals surface area contributed by atoms with E-state index >= 15 is 0 Å². The second-order valence-corrected chi connectivity index (χ2v) is 3.35. The van der Waals surface area contributed by atoms with Gasteiger partial charge in [-0.3, -0.25) is 4.79 Å². The lowest BCUT2D eigenvalue weighted by molar-refractivity contribution is 0.163. The van der Waals surface area contributed by atoms with Gasteiger partial charge in [0.15, 0.2) is 5.82 Å². The lowest BCUT2D eigenvalue weighted by Crippen LogP contribution is -2.27. The van der Waals surface area contributed by atoms with Crippen molar-refractivity contribution in [1.82, 2.24) is 9.55 Å². The summed E-state index contributed by atoms with van der Waals surface area (Å²) in [4.78, 5) is 15.3. The first-order valence-electron chi connectivity index (χ1n) is 4.61. The predicted molar refractivity (Wildman–Crippen MR) is 53.4 cm³/mol. The standard InChI is InChI=1S/C9H13F2N3O/c1-6(2)14-4-3-12-8(9(14)15)13-5-7(10)11/h3-4,6-7H,5H2,1-2H3,(H,12,13). The third kappa shape index (κ3) is 3.00. The molecule has 0 aliphatic carbocycles. The Balaban J connectivity index is 2.90. The van der Waals surface area contributed by atoms with Gasteiger partial charge in [0.25, 0.3) is 12.0 Å². The summed E-state index contributed by atoms with van der Waals surface area (Å²) in [5.74, 6) is -0.0356. The Bertz CT molecular complexity index is 376. The molecule has 0 bridgehead atoms. The molecule has 15 heavy (non-hydrogen) atoms. The van der Waals surface area contributed by atoms with E-state index in [4.69, 9.17) is 0 Å². The zero-order chi connectivity index (χ0) is 11.4. The Hall–Kier alpha value is -1.46. The summed E-state index contributed by atoms with van der Waals surface area (Å²) < 4.78 is 25.3. The molecular formula is C9H13F2N3O. The summed E-state index contributed by atoms with van der Waals surface area (Å²) in [6, 6.07) is -0.0207. The number of anilines is 1. The van der Waals surface area contributed by atoms with Crippen molar-refractivity contribution >= 4 is 5.82 Å². The Morgan fingerprint density at radius 1 is 1.53 bits per heavy atom. The minimum Gasteiger partial charge on any atom is -0.360 e. The molecule has 0 saturated carbocycles. The molecule has 1 aromatic rings. The van der Waals surface area contributed by atoms with Gasteiger partial charge in [0, 0.05) is 18.4 Å². The van der Waals surface area contributed by atoms with Crippen LogP contribution in [0.5, 0.6) is 0 Å². The van der Waals surface area contributed by atoms with Gasteiger partial charge in [0.05, 0.1) is 6.54 Å². The lowest BCUT2D eigenvalue weighted by Gasteiger charge is -2.11. The van der Waals surface area contributed by atoms with Crippen molar-refractivity contribution in [1.29, 1.82) is 0 Å². The molecule has 0 spiro atoms. The van der Waals surface area contributed by atoms with Gasteiger partial charge in [-0.15, -0.1) is 0 Å². The average Bonchev–Trinajstić information content (AvgIpc) is 2.15. The van der Waals surface area contributed by atoms with E-state index in [1.54, 1.807) is 0 Å². The van der Waals surface area contributed by atoms with Crippen LogP contribution < -0.4 is 10.9 Å². The number of alkyl halides is 2. The van der Waals surface area contributed by atoms with Crippen molar-refractivity contribution in [3.05, 3.63) is 22.7 Å². The van der Waals surface area contributed by atoms with Crippen LogP contribution in [0, 0.1) is 0 Å². The van der Waals surface area contributed by atoms with Gasteiger partial charge < -0.3 is 9.88 Å². The third-order valence-electron chi connectivity index (χ3n) is 1.85. The Morgan fingerprint density at radius 2 is 2.20 bits per heavy atom. The third-order valence-corrected chi connectivity index (χ3v) is 1.85. The molecule has 0 atom stereocenters. The van der Waals surface area contributed by atoms with Gasteiger partial charge in [-0.25, -0.2) is 13.8 Å². The molecule has 1 aromatic heterocycles. The molecule has 0 aliphatic rings. The van der Waals surface area contributed by atoms with Crippen LogP contribution in [0.15, 0.2) is 17.2 Å². The zero-order valence-electron chi connectivity index (χ0n) is 8.58. The molecule has 0 unspecified atom stereocenters. The van der Waals surface area contributed by atoms with Crippen molar-refractivity contribution < 1.29 is 8.78 Å². The molecular weight excluding hydrogens is 204 g/mol. The minimum absolute atomic E-state index is 0.0207. The largest absolute Gasteiger partial charge is 0.360 e. The van der Waals surface area contributed by atoms with E-state index in [9.17, 15) is 13.6 Å². The van der Waals surface area contributed by atoms with Crippen LogP contribution in [-0.4, -0.2) is 22.5 Å². The van der Waals surface area contributed by atoms with Gasteiger partial charge in [0.1, 0.15) is 0 Å². The van der Waals surface area contributed by atoms with Crippen LogP contribution in [0.25, 0.3) is 0 Å². The fourth-order valence-corrected chi connectivity index (χ4v) is 1.13. The summed E-state index contributed by atoms with van der Waals surface area (Å²) in [5, 5.41) is 2.31. The summed E-state index contributed by atoms with van der Waals surface area (Å²) in [6.45, 7) is 3.10. The van der Waals surface area contributed by atoms with Crippen molar-refractivity contribution in [3.63, 3.8) is 0 Å². The fourth-order valence-electron chi connectivity index (χ4n) is 1.13. The van der Waals surface area contributed by atoms with E-state index in [1.807, 2.05) is 13.8 Å². The Labute approximate surface area is 85.9 Å².